The number of hydrogen-bond acceptors (Lipinski definition) is 7. The summed E-state index contributed by atoms with van der Waals surface area (Å²) in [5.41, 5.74) is 2.90. The van der Waals surface area contributed by atoms with Crippen LogP contribution in [0.15, 0.2) is 36.7 Å². The first-order chi connectivity index (χ1) is 15.2. The summed E-state index contributed by atoms with van der Waals surface area (Å²) in [5, 5.41) is 5.36. The molecule has 2 aromatic rings. The molecule has 1 aliphatic carbocycles. The number of amides is 1. The molecule has 0 saturated heterocycles. The number of carbonyl (C=O) groups excluding carboxylic acids is 1. The number of nitrogens with one attached hydrogen (secondary N) is 3. The number of rotatable bonds is 9. The first-order valence-electron chi connectivity index (χ1n) is 10.2. The van der Waals surface area contributed by atoms with Gasteiger partial charge in [-0.3, -0.25) is 0 Å². The van der Waals surface area contributed by atoms with Crippen LogP contribution in [0.25, 0.3) is 0 Å². The zero-order valence-corrected chi connectivity index (χ0v) is 18.6. The summed E-state index contributed by atoms with van der Waals surface area (Å²) in [6.07, 6.45) is 0.922. The monoisotopic (exact) mass is 469 g/mol. The number of alkyl halides is 3. The molecule has 174 valence electrons. The molecule has 0 radical (unpaired) electrons. The summed E-state index contributed by atoms with van der Waals surface area (Å²) in [5.74, 6) is 0.958. The van der Waals surface area contributed by atoms with Crippen LogP contribution in [0.1, 0.15) is 37.7 Å². The first-order valence-corrected chi connectivity index (χ1v) is 11.4. The topological polar surface area (TPSA) is 88.2 Å². The maximum Gasteiger partial charge on any atom is 0.407 e. The number of nitrogens with zero attached hydrogens (tertiary/aromatic N) is 2. The third-order valence-corrected chi connectivity index (χ3v) is 5.53. The lowest BCUT2D eigenvalue weighted by Crippen LogP contribution is -2.38. The van der Waals surface area contributed by atoms with Gasteiger partial charge in [-0.2, -0.15) is 13.2 Å². The van der Waals surface area contributed by atoms with Gasteiger partial charge >= 0.3 is 12.3 Å². The molecule has 1 aromatic heterocycles. The molecule has 1 saturated carbocycles. The van der Waals surface area contributed by atoms with E-state index in [0.717, 1.165) is 29.8 Å². The van der Waals surface area contributed by atoms with E-state index in [4.69, 9.17) is 4.74 Å². The minimum atomic E-state index is -4.32. The van der Waals surface area contributed by atoms with Crippen molar-refractivity contribution in [3.05, 3.63) is 42.2 Å². The zero-order valence-electron chi connectivity index (χ0n) is 17.8. The fraction of sp³-hybridized carbons (Fsp3) is 0.476. The normalized spacial score (nSPS) is 18.9. The highest BCUT2D eigenvalue weighted by atomic mass is 32.2. The molecule has 32 heavy (non-hydrogen) atoms. The van der Waals surface area contributed by atoms with Gasteiger partial charge in [-0.25, -0.2) is 14.8 Å². The molecule has 1 fully saturated rings. The summed E-state index contributed by atoms with van der Waals surface area (Å²) in [4.78, 5) is 20.4. The minimum Gasteiger partial charge on any atom is -0.449 e. The van der Waals surface area contributed by atoms with E-state index in [0.29, 0.717) is 5.95 Å². The van der Waals surface area contributed by atoms with Crippen LogP contribution >= 0.6 is 11.9 Å². The fourth-order valence-corrected chi connectivity index (χ4v) is 3.83. The molecule has 0 spiro atoms. The van der Waals surface area contributed by atoms with Gasteiger partial charge in [-0.1, -0.05) is 11.9 Å². The largest absolute Gasteiger partial charge is 0.449 e. The highest BCUT2D eigenvalue weighted by molar-refractivity contribution is 7.99. The molecule has 0 bridgehead atoms. The van der Waals surface area contributed by atoms with Crippen molar-refractivity contribution in [1.82, 2.24) is 15.3 Å². The second-order valence-electron chi connectivity index (χ2n) is 7.85. The number of anilines is 3. The van der Waals surface area contributed by atoms with Crippen LogP contribution in [0.3, 0.4) is 0 Å². The van der Waals surface area contributed by atoms with Gasteiger partial charge in [0.05, 0.1) is 13.0 Å². The molecule has 1 heterocycles. The van der Waals surface area contributed by atoms with E-state index in [-0.39, 0.29) is 18.4 Å². The van der Waals surface area contributed by atoms with Crippen LogP contribution < -0.4 is 15.4 Å². The molecule has 0 aliphatic heterocycles. The Balaban J connectivity index is 1.38. The van der Waals surface area contributed by atoms with Gasteiger partial charge in [-0.05, 0) is 61.4 Å². The number of ether oxygens (including phenoxy) is 1. The van der Waals surface area contributed by atoms with Crippen LogP contribution in [0, 0.1) is 5.92 Å². The summed E-state index contributed by atoms with van der Waals surface area (Å²) in [7, 11) is 0. The molecular formula is C21H26F3N5O2S. The van der Waals surface area contributed by atoms with E-state index in [9.17, 15) is 18.0 Å². The third-order valence-electron chi connectivity index (χ3n) is 5.09. The number of benzene rings is 1. The number of hydrogen-bond donors (Lipinski definition) is 3. The Bertz CT molecular complexity index is 874. The van der Waals surface area contributed by atoms with Crippen molar-refractivity contribution < 1.29 is 22.7 Å². The molecule has 1 unspecified atom stereocenters. The Morgan fingerprint density at radius 1 is 1.19 bits per heavy atom. The van der Waals surface area contributed by atoms with Crippen molar-refractivity contribution in [1.29, 1.82) is 0 Å². The summed E-state index contributed by atoms with van der Waals surface area (Å²) in [6, 6.07) is 6.77. The predicted octanol–water partition coefficient (Wildman–Crippen LogP) is 5.47. The zero-order chi connectivity index (χ0) is 23.1. The fourth-order valence-electron chi connectivity index (χ4n) is 3.46. The van der Waals surface area contributed by atoms with Gasteiger partial charge < -0.3 is 20.1 Å². The van der Waals surface area contributed by atoms with Crippen LogP contribution in [0.5, 0.6) is 0 Å². The molecule has 1 aromatic carbocycles. The van der Waals surface area contributed by atoms with Gasteiger partial charge in [0, 0.05) is 36.1 Å². The molecule has 1 amide bonds. The van der Waals surface area contributed by atoms with E-state index in [1.807, 2.05) is 30.5 Å². The Hall–Kier alpha value is -2.69. The molecule has 3 N–H and O–H groups in total. The number of alkyl carbamates (subject to hydrolysis) is 1. The van der Waals surface area contributed by atoms with Crippen molar-refractivity contribution in [2.45, 2.75) is 44.3 Å². The van der Waals surface area contributed by atoms with Crippen molar-refractivity contribution in [2.75, 3.05) is 22.9 Å². The second-order valence-corrected chi connectivity index (χ2v) is 8.46. The lowest BCUT2D eigenvalue weighted by Gasteiger charge is -2.34. The molecule has 1 atom stereocenters. The Kier molecular flexibility index (Phi) is 8.05. The van der Waals surface area contributed by atoms with E-state index in [1.165, 1.54) is 18.9 Å². The SMILES string of the molecule is CSNc1ccc(Nc2ncc(C3CC(COC(=O)NC(C)CC(F)(F)F)C3)cn2)cc1. The maximum absolute atomic E-state index is 12.3. The second kappa shape index (κ2) is 10.8. The van der Waals surface area contributed by atoms with Crippen LogP contribution in [0.2, 0.25) is 0 Å². The van der Waals surface area contributed by atoms with Gasteiger partial charge in [0.1, 0.15) is 0 Å². The lowest BCUT2D eigenvalue weighted by molar-refractivity contribution is -0.138. The highest BCUT2D eigenvalue weighted by Gasteiger charge is 2.33. The quantitative estimate of drug-likeness (QED) is 0.420. The summed E-state index contributed by atoms with van der Waals surface area (Å²) >= 11 is 1.52. The number of aromatic nitrogens is 2. The minimum absolute atomic E-state index is 0.176. The summed E-state index contributed by atoms with van der Waals surface area (Å²) < 4.78 is 45.1. The maximum atomic E-state index is 12.3. The predicted molar refractivity (Wildman–Crippen MR) is 119 cm³/mol. The van der Waals surface area contributed by atoms with Crippen LogP contribution in [-0.2, 0) is 4.74 Å². The van der Waals surface area contributed by atoms with Crippen molar-refractivity contribution in [3.63, 3.8) is 0 Å². The molecule has 7 nitrogen and oxygen atoms in total. The number of carbonyl (C=O) groups is 1. The molecule has 11 heteroatoms. The van der Waals surface area contributed by atoms with Crippen molar-refractivity contribution >= 4 is 35.4 Å². The van der Waals surface area contributed by atoms with Crippen LogP contribution in [0.4, 0.5) is 35.3 Å². The Labute approximate surface area is 189 Å². The average molecular weight is 470 g/mol. The van der Waals surface area contributed by atoms with Crippen molar-refractivity contribution in [3.8, 4) is 0 Å². The smallest absolute Gasteiger partial charge is 0.407 e. The molecule has 3 rings (SSSR count). The summed E-state index contributed by atoms with van der Waals surface area (Å²) in [6.45, 7) is 1.48. The van der Waals surface area contributed by atoms with Gasteiger partial charge in [0.2, 0.25) is 5.95 Å². The van der Waals surface area contributed by atoms with E-state index < -0.39 is 24.7 Å². The Morgan fingerprint density at radius 3 is 2.41 bits per heavy atom. The van der Waals surface area contributed by atoms with Crippen molar-refractivity contribution in [2.24, 2.45) is 5.92 Å². The lowest BCUT2D eigenvalue weighted by atomic mass is 9.72. The van der Waals surface area contributed by atoms with E-state index in [1.54, 1.807) is 12.4 Å². The van der Waals surface area contributed by atoms with Gasteiger partial charge in [0.15, 0.2) is 0 Å². The number of halogens is 3. The average Bonchev–Trinajstić information content (AvgIpc) is 2.68. The Morgan fingerprint density at radius 2 is 1.81 bits per heavy atom. The highest BCUT2D eigenvalue weighted by Crippen LogP contribution is 2.41. The molecule has 1 aliphatic rings. The van der Waals surface area contributed by atoms with Gasteiger partial charge in [-0.15, -0.1) is 0 Å². The standard InChI is InChI=1S/C21H26F3N5O2S/c1-13(9-21(22,23)24)27-20(30)31-12-14-7-15(8-14)16-10-25-19(26-11-16)28-17-3-5-18(6-4-17)29-32-2/h3-6,10-11,13-15,29H,7-9,12H2,1-2H3,(H,27,30)(H,25,26,28). The third kappa shape index (κ3) is 7.47. The van der Waals surface area contributed by atoms with E-state index in [2.05, 4.69) is 25.3 Å². The first kappa shape index (κ1) is 24.0. The van der Waals surface area contributed by atoms with Gasteiger partial charge in [0.25, 0.3) is 0 Å². The van der Waals surface area contributed by atoms with Crippen LogP contribution in [-0.4, -0.2) is 41.1 Å². The molecular weight excluding hydrogens is 443 g/mol. The van der Waals surface area contributed by atoms with E-state index >= 15 is 0 Å².